The lowest BCUT2D eigenvalue weighted by Gasteiger charge is -2.23. The third kappa shape index (κ3) is 3.24. The van der Waals surface area contributed by atoms with Gasteiger partial charge in [0.05, 0.1) is 12.7 Å². The van der Waals surface area contributed by atoms with E-state index in [4.69, 9.17) is 10.5 Å². The highest BCUT2D eigenvalue weighted by Crippen LogP contribution is 2.27. The second-order valence-corrected chi connectivity index (χ2v) is 5.46. The maximum atomic E-state index is 11.7. The molecule has 2 N–H and O–H groups in total. The van der Waals surface area contributed by atoms with Crippen molar-refractivity contribution < 1.29 is 9.53 Å². The van der Waals surface area contributed by atoms with Gasteiger partial charge in [-0.25, -0.2) is 4.79 Å². The first-order valence-corrected chi connectivity index (χ1v) is 7.38. The summed E-state index contributed by atoms with van der Waals surface area (Å²) >= 11 is 0. The van der Waals surface area contributed by atoms with E-state index in [0.717, 1.165) is 24.7 Å². The zero-order chi connectivity index (χ0) is 14.5. The van der Waals surface area contributed by atoms with Gasteiger partial charge >= 0.3 is 5.97 Å². The summed E-state index contributed by atoms with van der Waals surface area (Å²) in [7, 11) is 1.38. The molecule has 0 bridgehead atoms. The Hall–Kier alpha value is -1.71. The summed E-state index contributed by atoms with van der Waals surface area (Å²) in [5.74, 6) is 0.458. The van der Waals surface area contributed by atoms with E-state index < -0.39 is 0 Å². The van der Waals surface area contributed by atoms with Crippen molar-refractivity contribution in [3.63, 3.8) is 0 Å². The van der Waals surface area contributed by atoms with Crippen LogP contribution >= 0.6 is 0 Å². The van der Waals surface area contributed by atoms with Crippen LogP contribution in [0.1, 0.15) is 43.0 Å². The van der Waals surface area contributed by atoms with Crippen molar-refractivity contribution in [3.05, 3.63) is 23.8 Å². The lowest BCUT2D eigenvalue weighted by atomic mass is 9.98. The zero-order valence-electron chi connectivity index (χ0n) is 12.4. The number of benzene rings is 1. The number of ether oxygens (including phenoxy) is 1. The predicted octanol–water partition coefficient (Wildman–Crippen LogP) is 3.07. The van der Waals surface area contributed by atoms with Crippen LogP contribution in [0.2, 0.25) is 0 Å². The minimum atomic E-state index is -0.370. The Kier molecular flexibility index (Phi) is 4.88. The number of carbonyl (C=O) groups is 1. The molecule has 0 amide bonds. The lowest BCUT2D eigenvalue weighted by Crippen LogP contribution is -2.24. The largest absolute Gasteiger partial charge is 0.465 e. The molecule has 1 atom stereocenters. The highest BCUT2D eigenvalue weighted by atomic mass is 16.5. The summed E-state index contributed by atoms with van der Waals surface area (Å²) in [4.78, 5) is 14.1. The van der Waals surface area contributed by atoms with Gasteiger partial charge in [0.25, 0.3) is 0 Å². The first-order chi connectivity index (χ1) is 9.65. The van der Waals surface area contributed by atoms with E-state index in [0.29, 0.717) is 11.3 Å². The normalized spacial score (nSPS) is 19.5. The van der Waals surface area contributed by atoms with Gasteiger partial charge in [0.1, 0.15) is 0 Å². The number of nitrogen functional groups attached to an aromatic ring is 1. The summed E-state index contributed by atoms with van der Waals surface area (Å²) < 4.78 is 4.78. The van der Waals surface area contributed by atoms with Crippen molar-refractivity contribution >= 4 is 17.3 Å². The molecule has 0 saturated carbocycles. The second kappa shape index (κ2) is 6.64. The Morgan fingerprint density at radius 1 is 1.40 bits per heavy atom. The molecule has 1 aromatic rings. The molecule has 1 saturated heterocycles. The van der Waals surface area contributed by atoms with Crippen LogP contribution in [0, 0.1) is 5.92 Å². The highest BCUT2D eigenvalue weighted by molar-refractivity contribution is 5.96. The van der Waals surface area contributed by atoms with Crippen molar-refractivity contribution in [3.8, 4) is 0 Å². The van der Waals surface area contributed by atoms with Gasteiger partial charge in [-0.2, -0.15) is 0 Å². The van der Waals surface area contributed by atoms with Crippen molar-refractivity contribution in [1.82, 2.24) is 0 Å². The summed E-state index contributed by atoms with van der Waals surface area (Å²) in [6.45, 7) is 4.35. The van der Waals surface area contributed by atoms with E-state index in [1.54, 1.807) is 6.07 Å². The van der Waals surface area contributed by atoms with Crippen LogP contribution in [0.15, 0.2) is 18.2 Å². The highest BCUT2D eigenvalue weighted by Gasteiger charge is 2.18. The molecule has 0 radical (unpaired) electrons. The Bertz CT molecular complexity index is 474. The van der Waals surface area contributed by atoms with Gasteiger partial charge in [-0.1, -0.05) is 13.3 Å². The summed E-state index contributed by atoms with van der Waals surface area (Å²) in [5, 5.41) is 0. The molecule has 1 aliphatic heterocycles. The van der Waals surface area contributed by atoms with E-state index in [1.807, 2.05) is 12.1 Å². The molecule has 1 aliphatic rings. The van der Waals surface area contributed by atoms with Gasteiger partial charge in [0.2, 0.25) is 0 Å². The molecule has 1 fully saturated rings. The standard InChI is InChI=1S/C16H24N2O2/c1-3-12-5-4-9-18(10-8-12)13-6-7-15(17)14(11-13)16(19)20-2/h6-7,11-12H,3-5,8-10,17H2,1-2H3. The van der Waals surface area contributed by atoms with E-state index in [1.165, 1.54) is 32.8 Å². The predicted molar refractivity (Wildman–Crippen MR) is 82.0 cm³/mol. The number of hydrogen-bond donors (Lipinski definition) is 1. The fourth-order valence-electron chi connectivity index (χ4n) is 2.86. The smallest absolute Gasteiger partial charge is 0.340 e. The number of rotatable bonds is 3. The van der Waals surface area contributed by atoms with Gasteiger partial charge in [0, 0.05) is 24.5 Å². The average molecular weight is 276 g/mol. The number of hydrogen-bond acceptors (Lipinski definition) is 4. The molecule has 1 heterocycles. The van der Waals surface area contributed by atoms with Crippen LogP contribution in [-0.2, 0) is 4.74 Å². The zero-order valence-corrected chi connectivity index (χ0v) is 12.4. The topological polar surface area (TPSA) is 55.6 Å². The van der Waals surface area contributed by atoms with Crippen molar-refractivity contribution in [2.24, 2.45) is 5.92 Å². The molecular weight excluding hydrogens is 252 g/mol. The van der Waals surface area contributed by atoms with Crippen LogP contribution in [-0.4, -0.2) is 26.2 Å². The second-order valence-electron chi connectivity index (χ2n) is 5.46. The molecule has 110 valence electrons. The number of esters is 1. The average Bonchev–Trinajstić information content (AvgIpc) is 2.72. The van der Waals surface area contributed by atoms with Crippen molar-refractivity contribution in [2.75, 3.05) is 30.8 Å². The van der Waals surface area contributed by atoms with E-state index in [2.05, 4.69) is 11.8 Å². The maximum absolute atomic E-state index is 11.7. The first kappa shape index (κ1) is 14.7. The summed E-state index contributed by atoms with van der Waals surface area (Å²) in [6, 6.07) is 5.64. The third-order valence-corrected chi connectivity index (χ3v) is 4.23. The fourth-order valence-corrected chi connectivity index (χ4v) is 2.86. The van der Waals surface area contributed by atoms with Crippen LogP contribution in [0.3, 0.4) is 0 Å². The molecule has 1 aromatic carbocycles. The van der Waals surface area contributed by atoms with Gasteiger partial charge in [-0.15, -0.1) is 0 Å². The van der Waals surface area contributed by atoms with E-state index in [-0.39, 0.29) is 5.97 Å². The molecule has 0 aliphatic carbocycles. The SMILES string of the molecule is CCC1CCCN(c2ccc(N)c(C(=O)OC)c2)CC1. The monoisotopic (exact) mass is 276 g/mol. The summed E-state index contributed by atoms with van der Waals surface area (Å²) in [5.41, 5.74) is 7.85. The molecule has 0 spiro atoms. The molecule has 4 nitrogen and oxygen atoms in total. The van der Waals surface area contributed by atoms with Crippen LogP contribution in [0.5, 0.6) is 0 Å². The van der Waals surface area contributed by atoms with Gasteiger partial charge in [-0.05, 0) is 43.4 Å². The lowest BCUT2D eigenvalue weighted by molar-refractivity contribution is 0.0602. The van der Waals surface area contributed by atoms with E-state index >= 15 is 0 Å². The summed E-state index contributed by atoms with van der Waals surface area (Å²) in [6.07, 6.45) is 4.97. The fraction of sp³-hybridized carbons (Fsp3) is 0.562. The van der Waals surface area contributed by atoms with Crippen molar-refractivity contribution in [2.45, 2.75) is 32.6 Å². The molecule has 0 aromatic heterocycles. The van der Waals surface area contributed by atoms with Crippen LogP contribution in [0.4, 0.5) is 11.4 Å². The maximum Gasteiger partial charge on any atom is 0.340 e. The van der Waals surface area contributed by atoms with Gasteiger partial charge in [-0.3, -0.25) is 0 Å². The third-order valence-electron chi connectivity index (χ3n) is 4.23. The Morgan fingerprint density at radius 2 is 2.20 bits per heavy atom. The number of nitrogens with two attached hydrogens (primary N) is 1. The van der Waals surface area contributed by atoms with Gasteiger partial charge in [0.15, 0.2) is 0 Å². The minimum absolute atomic E-state index is 0.370. The molecule has 2 rings (SSSR count). The minimum Gasteiger partial charge on any atom is -0.465 e. The number of anilines is 2. The first-order valence-electron chi connectivity index (χ1n) is 7.38. The van der Waals surface area contributed by atoms with Crippen molar-refractivity contribution in [1.29, 1.82) is 0 Å². The quantitative estimate of drug-likeness (QED) is 0.681. The molecule has 4 heteroatoms. The number of methoxy groups -OCH3 is 1. The van der Waals surface area contributed by atoms with E-state index in [9.17, 15) is 4.79 Å². The van der Waals surface area contributed by atoms with Crippen LogP contribution < -0.4 is 10.6 Å². The number of nitrogens with zero attached hydrogens (tertiary/aromatic N) is 1. The number of carbonyl (C=O) groups excluding carboxylic acids is 1. The Balaban J connectivity index is 2.18. The molecule has 1 unspecified atom stereocenters. The Morgan fingerprint density at radius 3 is 2.90 bits per heavy atom. The van der Waals surface area contributed by atoms with Gasteiger partial charge < -0.3 is 15.4 Å². The molecule has 20 heavy (non-hydrogen) atoms. The Labute approximate surface area is 120 Å². The molecular formula is C16H24N2O2. The van der Waals surface area contributed by atoms with Crippen LogP contribution in [0.25, 0.3) is 0 Å².